The molecule has 5 nitrogen and oxygen atoms in total. The highest BCUT2D eigenvalue weighted by atomic mass is 35.5. The minimum absolute atomic E-state index is 0.201. The summed E-state index contributed by atoms with van der Waals surface area (Å²) < 4.78 is 17.2. The Labute approximate surface area is 151 Å². The summed E-state index contributed by atoms with van der Waals surface area (Å²) in [6.07, 6.45) is 0. The Kier molecular flexibility index (Phi) is 4.15. The van der Waals surface area contributed by atoms with E-state index in [2.05, 4.69) is 0 Å². The predicted octanol–water partition coefficient (Wildman–Crippen LogP) is 3.27. The van der Waals surface area contributed by atoms with Crippen LogP contribution in [0.5, 0.6) is 5.75 Å². The number of halogens is 1. The Morgan fingerprint density at radius 3 is 2.72 bits per heavy atom. The average molecular weight is 360 g/mol. The molecule has 4 rings (SSSR count). The molecule has 1 amide bonds. The van der Waals surface area contributed by atoms with Crippen LogP contribution in [0.2, 0.25) is 5.02 Å². The number of hydrogen-bond acceptors (Lipinski definition) is 4. The van der Waals surface area contributed by atoms with Crippen molar-refractivity contribution >= 4 is 23.2 Å². The molecule has 1 saturated heterocycles. The molecule has 25 heavy (non-hydrogen) atoms. The molecule has 0 radical (unpaired) electrons. The summed E-state index contributed by atoms with van der Waals surface area (Å²) in [5.74, 6) is -0.900. The molecule has 0 unspecified atom stereocenters. The van der Waals surface area contributed by atoms with Gasteiger partial charge in [0.25, 0.3) is 11.7 Å². The summed E-state index contributed by atoms with van der Waals surface area (Å²) in [5.41, 5.74) is 2.63. The van der Waals surface area contributed by atoms with E-state index >= 15 is 0 Å². The Morgan fingerprint density at radius 1 is 1.20 bits per heavy atom. The number of ether oxygens (including phenoxy) is 3. The van der Waals surface area contributed by atoms with Crippen LogP contribution in [0.3, 0.4) is 0 Å². The third-order valence-corrected chi connectivity index (χ3v) is 4.74. The zero-order valence-corrected chi connectivity index (χ0v) is 14.6. The highest BCUT2D eigenvalue weighted by Gasteiger charge is 2.55. The molecule has 0 bridgehead atoms. The smallest absolute Gasteiger partial charge is 0.292 e. The van der Waals surface area contributed by atoms with Gasteiger partial charge in [-0.1, -0.05) is 35.4 Å². The summed E-state index contributed by atoms with van der Waals surface area (Å²) in [7, 11) is 0. The number of nitrogens with zero attached hydrogens (tertiary/aromatic N) is 1. The van der Waals surface area contributed by atoms with Crippen molar-refractivity contribution in [3.05, 3.63) is 58.6 Å². The first-order chi connectivity index (χ1) is 12.1. The number of carbonyl (C=O) groups excluding carboxylic acids is 1. The van der Waals surface area contributed by atoms with Gasteiger partial charge in [0, 0.05) is 5.56 Å². The lowest BCUT2D eigenvalue weighted by Gasteiger charge is -2.22. The van der Waals surface area contributed by atoms with E-state index < -0.39 is 5.79 Å². The van der Waals surface area contributed by atoms with E-state index in [4.69, 9.17) is 25.8 Å². The van der Waals surface area contributed by atoms with Crippen LogP contribution in [0.1, 0.15) is 11.1 Å². The summed E-state index contributed by atoms with van der Waals surface area (Å²) in [6, 6.07) is 13.1. The van der Waals surface area contributed by atoms with E-state index in [9.17, 15) is 4.79 Å². The summed E-state index contributed by atoms with van der Waals surface area (Å²) in [4.78, 5) is 14.7. The Balaban J connectivity index is 1.56. The van der Waals surface area contributed by atoms with E-state index in [1.54, 1.807) is 17.0 Å². The fourth-order valence-electron chi connectivity index (χ4n) is 3.27. The average Bonchev–Trinajstić information content (AvgIpc) is 3.18. The number of amides is 1. The van der Waals surface area contributed by atoms with E-state index in [0.717, 1.165) is 16.8 Å². The van der Waals surface area contributed by atoms with E-state index in [-0.39, 0.29) is 5.91 Å². The molecule has 2 aromatic carbocycles. The van der Waals surface area contributed by atoms with Crippen LogP contribution in [0, 0.1) is 6.92 Å². The van der Waals surface area contributed by atoms with Crippen LogP contribution in [-0.2, 0) is 20.1 Å². The number of fused-ring (bicyclic) bond motifs is 2. The molecule has 2 heterocycles. The van der Waals surface area contributed by atoms with Crippen molar-refractivity contribution in [2.75, 3.05) is 31.3 Å². The molecule has 6 heteroatoms. The van der Waals surface area contributed by atoms with Crippen LogP contribution in [0.4, 0.5) is 5.69 Å². The number of carbonyl (C=O) groups is 1. The second-order valence-electron chi connectivity index (χ2n) is 6.07. The number of rotatable bonds is 4. The topological polar surface area (TPSA) is 48.0 Å². The number of benzene rings is 2. The van der Waals surface area contributed by atoms with Gasteiger partial charge in [-0.3, -0.25) is 4.79 Å². The van der Waals surface area contributed by atoms with Gasteiger partial charge in [-0.25, -0.2) is 0 Å². The van der Waals surface area contributed by atoms with E-state index in [0.29, 0.717) is 37.1 Å². The van der Waals surface area contributed by atoms with Gasteiger partial charge in [-0.05, 0) is 31.2 Å². The van der Waals surface area contributed by atoms with Crippen molar-refractivity contribution < 1.29 is 19.0 Å². The van der Waals surface area contributed by atoms with Gasteiger partial charge < -0.3 is 19.1 Å². The Hall–Kier alpha value is -2.08. The Morgan fingerprint density at radius 2 is 1.96 bits per heavy atom. The minimum Gasteiger partial charge on any atom is -0.490 e. The molecule has 0 aromatic heterocycles. The molecule has 2 aromatic rings. The van der Waals surface area contributed by atoms with Gasteiger partial charge in [0.1, 0.15) is 12.4 Å². The maximum atomic E-state index is 13.0. The number of aryl methyl sites for hydroxylation is 1. The third kappa shape index (κ3) is 2.68. The first-order valence-corrected chi connectivity index (χ1v) is 8.58. The maximum absolute atomic E-state index is 13.0. The lowest BCUT2D eigenvalue weighted by molar-refractivity contribution is -0.180. The first-order valence-electron chi connectivity index (χ1n) is 8.20. The predicted molar refractivity (Wildman–Crippen MR) is 94.1 cm³/mol. The zero-order valence-electron chi connectivity index (χ0n) is 13.8. The highest BCUT2D eigenvalue weighted by Crippen LogP contribution is 2.45. The van der Waals surface area contributed by atoms with Gasteiger partial charge >= 0.3 is 0 Å². The van der Waals surface area contributed by atoms with Gasteiger partial charge in [0.05, 0.1) is 30.5 Å². The highest BCUT2D eigenvalue weighted by molar-refractivity contribution is 6.32. The van der Waals surface area contributed by atoms with Crippen LogP contribution in [-0.4, -0.2) is 32.3 Å². The van der Waals surface area contributed by atoms with E-state index in [1.165, 1.54) is 0 Å². The SMILES string of the molecule is Cc1ccc2c(c1)C1(OCCO1)C(=O)N2CCOc1ccccc1Cl. The normalized spacial score (nSPS) is 18.0. The van der Waals surface area contributed by atoms with Crippen molar-refractivity contribution in [2.24, 2.45) is 0 Å². The van der Waals surface area contributed by atoms with Crippen molar-refractivity contribution in [2.45, 2.75) is 12.7 Å². The molecule has 0 N–H and O–H groups in total. The molecule has 2 aliphatic heterocycles. The second-order valence-corrected chi connectivity index (χ2v) is 6.48. The molecule has 0 saturated carbocycles. The van der Waals surface area contributed by atoms with E-state index in [1.807, 2.05) is 37.3 Å². The summed E-state index contributed by atoms with van der Waals surface area (Å²) in [5, 5.41) is 0.546. The van der Waals surface area contributed by atoms with Gasteiger partial charge in [-0.2, -0.15) is 0 Å². The first kappa shape index (κ1) is 16.4. The molecule has 0 aliphatic carbocycles. The summed E-state index contributed by atoms with van der Waals surface area (Å²) in [6.45, 7) is 3.50. The molecule has 1 spiro atoms. The lowest BCUT2D eigenvalue weighted by Crippen LogP contribution is -2.42. The quantitative estimate of drug-likeness (QED) is 0.840. The lowest BCUT2D eigenvalue weighted by atomic mass is 10.0. The van der Waals surface area contributed by atoms with Gasteiger partial charge in [0.2, 0.25) is 0 Å². The van der Waals surface area contributed by atoms with Crippen molar-refractivity contribution in [1.82, 2.24) is 0 Å². The monoisotopic (exact) mass is 359 g/mol. The standard InChI is InChI=1S/C19H18ClNO4/c1-13-6-7-16-14(12-13)19(24-10-11-25-19)18(22)21(16)8-9-23-17-5-3-2-4-15(17)20/h2-7,12H,8-11H2,1H3. The van der Waals surface area contributed by atoms with Crippen molar-refractivity contribution in [3.63, 3.8) is 0 Å². The second kappa shape index (κ2) is 6.33. The molecule has 1 fully saturated rings. The molecule has 2 aliphatic rings. The van der Waals surface area contributed by atoms with Crippen molar-refractivity contribution in [3.8, 4) is 5.75 Å². The summed E-state index contributed by atoms with van der Waals surface area (Å²) >= 11 is 6.10. The zero-order chi connectivity index (χ0) is 17.4. The van der Waals surface area contributed by atoms with Crippen LogP contribution in [0.25, 0.3) is 0 Å². The largest absolute Gasteiger partial charge is 0.490 e. The van der Waals surface area contributed by atoms with Crippen LogP contribution < -0.4 is 9.64 Å². The molecular weight excluding hydrogens is 342 g/mol. The fourth-order valence-corrected chi connectivity index (χ4v) is 3.46. The van der Waals surface area contributed by atoms with Crippen LogP contribution >= 0.6 is 11.6 Å². The molecule has 0 atom stereocenters. The molecular formula is C19H18ClNO4. The number of hydrogen-bond donors (Lipinski definition) is 0. The fraction of sp³-hybridized carbons (Fsp3) is 0.316. The van der Waals surface area contributed by atoms with Gasteiger partial charge in [0.15, 0.2) is 0 Å². The van der Waals surface area contributed by atoms with Gasteiger partial charge in [-0.15, -0.1) is 0 Å². The van der Waals surface area contributed by atoms with Crippen molar-refractivity contribution in [1.29, 1.82) is 0 Å². The maximum Gasteiger partial charge on any atom is 0.292 e. The molecule has 130 valence electrons. The number of para-hydroxylation sites is 1. The number of anilines is 1. The third-order valence-electron chi connectivity index (χ3n) is 4.43. The Bertz CT molecular complexity index is 817. The minimum atomic E-state index is -1.30. The van der Waals surface area contributed by atoms with Crippen LogP contribution in [0.15, 0.2) is 42.5 Å².